The first-order chi connectivity index (χ1) is 17.5. The number of aromatic nitrogens is 3. The number of piperazine rings is 1. The van der Waals surface area contributed by atoms with E-state index in [9.17, 15) is 9.59 Å². The van der Waals surface area contributed by atoms with Gasteiger partial charge in [-0.25, -0.2) is 9.78 Å². The van der Waals surface area contributed by atoms with Gasteiger partial charge in [0.05, 0.1) is 18.0 Å². The van der Waals surface area contributed by atoms with Crippen molar-refractivity contribution in [2.75, 3.05) is 38.1 Å². The lowest BCUT2D eigenvalue weighted by Gasteiger charge is -2.34. The Morgan fingerprint density at radius 1 is 1.08 bits per heavy atom. The van der Waals surface area contributed by atoms with Crippen LogP contribution in [0.5, 0.6) is 5.75 Å². The Kier molecular flexibility index (Phi) is 6.97. The summed E-state index contributed by atoms with van der Waals surface area (Å²) in [6.07, 6.45) is 0. The van der Waals surface area contributed by atoms with E-state index in [-0.39, 0.29) is 11.6 Å². The van der Waals surface area contributed by atoms with Crippen molar-refractivity contribution in [1.29, 1.82) is 0 Å². The first-order valence-corrected chi connectivity index (χ1v) is 12.8. The molecule has 0 saturated carbocycles. The number of nitrogens with one attached hydrogen (secondary N) is 1. The van der Waals surface area contributed by atoms with Crippen molar-refractivity contribution in [3.63, 3.8) is 0 Å². The predicted molar refractivity (Wildman–Crippen MR) is 141 cm³/mol. The smallest absolute Gasteiger partial charge is 0.322 e. The Labute approximate surface area is 213 Å². The molecule has 2 aromatic heterocycles. The second-order valence-electron chi connectivity index (χ2n) is 8.62. The Morgan fingerprint density at radius 3 is 2.61 bits per heavy atom. The summed E-state index contributed by atoms with van der Waals surface area (Å²) >= 11 is 1.42. The topological polar surface area (TPSA) is 92.1 Å². The molecule has 186 valence electrons. The Bertz CT molecular complexity index is 1440. The van der Waals surface area contributed by atoms with Crippen LogP contribution in [0.4, 0.5) is 10.5 Å². The Hall–Kier alpha value is -3.76. The number of fused-ring (bicyclic) bond motifs is 1. The van der Waals surface area contributed by atoms with Crippen LogP contribution in [0.3, 0.4) is 0 Å². The first-order valence-electron chi connectivity index (χ1n) is 12.0. The van der Waals surface area contributed by atoms with Crippen LogP contribution < -0.4 is 15.6 Å². The zero-order valence-corrected chi connectivity index (χ0v) is 21.1. The van der Waals surface area contributed by atoms with E-state index in [1.807, 2.05) is 62.4 Å². The maximum atomic E-state index is 12.8. The quantitative estimate of drug-likeness (QED) is 0.429. The molecule has 1 aliphatic heterocycles. The molecule has 4 aromatic rings. The normalized spacial score (nSPS) is 14.2. The number of rotatable bonds is 6. The summed E-state index contributed by atoms with van der Waals surface area (Å²) in [6.45, 7) is 7.58. The zero-order valence-electron chi connectivity index (χ0n) is 20.3. The molecule has 2 amide bonds. The molecule has 10 heteroatoms. The average molecular weight is 505 g/mol. The van der Waals surface area contributed by atoms with Gasteiger partial charge in [-0.15, -0.1) is 0 Å². The first kappa shape index (κ1) is 24.0. The molecular weight excluding hydrogens is 476 g/mol. The van der Waals surface area contributed by atoms with Crippen LogP contribution in [0, 0.1) is 6.92 Å². The lowest BCUT2D eigenvalue weighted by atomic mass is 10.1. The number of hydrogen-bond acceptors (Lipinski definition) is 7. The highest BCUT2D eigenvalue weighted by Crippen LogP contribution is 2.27. The second-order valence-corrected chi connectivity index (χ2v) is 9.58. The number of anilines is 1. The standard InChI is InChI=1S/C26H28N6O3S/c1-3-35-22-11-7-6-10-21(22)28-25(34)31-14-12-30(13-15-31)17-19-16-23(33)32-26(27-19)36-24(29-32)20-9-5-4-8-18(20)2/h4-11,16H,3,12-15,17H2,1-2H3,(H,28,34). The van der Waals surface area contributed by atoms with Crippen molar-refractivity contribution in [1.82, 2.24) is 24.4 Å². The van der Waals surface area contributed by atoms with Crippen LogP contribution in [0.1, 0.15) is 18.2 Å². The van der Waals surface area contributed by atoms with Crippen LogP contribution in [0.2, 0.25) is 0 Å². The number of nitrogens with zero attached hydrogens (tertiary/aromatic N) is 5. The highest BCUT2D eigenvalue weighted by Gasteiger charge is 2.23. The summed E-state index contributed by atoms with van der Waals surface area (Å²) in [5, 5.41) is 8.24. The van der Waals surface area contributed by atoms with E-state index in [1.165, 1.54) is 15.9 Å². The summed E-state index contributed by atoms with van der Waals surface area (Å²) in [5.74, 6) is 0.661. The summed E-state index contributed by atoms with van der Waals surface area (Å²) in [4.78, 5) is 34.8. The van der Waals surface area contributed by atoms with E-state index in [0.29, 0.717) is 61.4 Å². The number of aryl methyl sites for hydroxylation is 1. The summed E-state index contributed by atoms with van der Waals surface area (Å²) in [7, 11) is 0. The van der Waals surface area contributed by atoms with Crippen LogP contribution in [-0.4, -0.2) is 63.2 Å². The fraction of sp³-hybridized carbons (Fsp3) is 0.308. The molecule has 1 aliphatic rings. The third-order valence-electron chi connectivity index (χ3n) is 6.15. The van der Waals surface area contributed by atoms with Gasteiger partial charge in [0.25, 0.3) is 5.56 Å². The molecule has 1 N–H and O–H groups in total. The van der Waals surface area contributed by atoms with Gasteiger partial charge in [-0.1, -0.05) is 47.7 Å². The molecule has 0 atom stereocenters. The van der Waals surface area contributed by atoms with Gasteiger partial charge in [0.1, 0.15) is 10.8 Å². The molecule has 1 saturated heterocycles. The third-order valence-corrected chi connectivity index (χ3v) is 7.09. The fourth-order valence-electron chi connectivity index (χ4n) is 4.24. The summed E-state index contributed by atoms with van der Waals surface area (Å²) in [6, 6.07) is 16.8. The largest absolute Gasteiger partial charge is 0.492 e. The van der Waals surface area contributed by atoms with Gasteiger partial charge in [0, 0.05) is 44.4 Å². The van der Waals surface area contributed by atoms with Crippen LogP contribution in [-0.2, 0) is 6.54 Å². The van der Waals surface area contributed by atoms with Crippen molar-refractivity contribution < 1.29 is 9.53 Å². The van der Waals surface area contributed by atoms with Crippen LogP contribution in [0.25, 0.3) is 15.5 Å². The molecule has 0 spiro atoms. The minimum atomic E-state index is -0.183. The van der Waals surface area contributed by atoms with E-state index in [1.54, 1.807) is 11.0 Å². The highest BCUT2D eigenvalue weighted by molar-refractivity contribution is 7.19. The van der Waals surface area contributed by atoms with Gasteiger partial charge in [-0.2, -0.15) is 9.61 Å². The van der Waals surface area contributed by atoms with Crippen molar-refractivity contribution in [3.8, 4) is 16.3 Å². The minimum absolute atomic E-state index is 0.145. The predicted octanol–water partition coefficient (Wildman–Crippen LogP) is 3.87. The van der Waals surface area contributed by atoms with E-state index in [0.717, 1.165) is 16.1 Å². The van der Waals surface area contributed by atoms with Crippen LogP contribution >= 0.6 is 11.3 Å². The molecule has 9 nitrogen and oxygen atoms in total. The highest BCUT2D eigenvalue weighted by atomic mass is 32.1. The van der Waals surface area contributed by atoms with Gasteiger partial charge in [-0.3, -0.25) is 9.69 Å². The Balaban J connectivity index is 1.23. The third kappa shape index (κ3) is 5.09. The molecule has 5 rings (SSSR count). The SMILES string of the molecule is CCOc1ccccc1NC(=O)N1CCN(Cc2cc(=O)n3nc(-c4ccccc4C)sc3n2)CC1. The number of ether oxygens (including phenoxy) is 1. The molecule has 1 fully saturated rings. The van der Waals surface area contributed by atoms with E-state index in [4.69, 9.17) is 9.72 Å². The van der Waals surface area contributed by atoms with E-state index in [2.05, 4.69) is 15.3 Å². The fourth-order valence-corrected chi connectivity index (χ4v) is 5.26. The van der Waals surface area contributed by atoms with Gasteiger partial charge in [0.15, 0.2) is 0 Å². The number of carbonyl (C=O) groups is 1. The van der Waals surface area contributed by atoms with Crippen LogP contribution in [0.15, 0.2) is 59.4 Å². The Morgan fingerprint density at radius 2 is 1.83 bits per heavy atom. The number of amides is 2. The van der Waals surface area contributed by atoms with Crippen molar-refractivity contribution in [3.05, 3.63) is 76.2 Å². The van der Waals surface area contributed by atoms with Crippen molar-refractivity contribution in [2.45, 2.75) is 20.4 Å². The molecule has 3 heterocycles. The molecule has 0 bridgehead atoms. The lowest BCUT2D eigenvalue weighted by Crippen LogP contribution is -2.49. The zero-order chi connectivity index (χ0) is 25.1. The maximum absolute atomic E-state index is 12.8. The molecule has 36 heavy (non-hydrogen) atoms. The van der Waals surface area contributed by atoms with E-state index < -0.39 is 0 Å². The van der Waals surface area contributed by atoms with Crippen molar-refractivity contribution in [2.24, 2.45) is 0 Å². The average Bonchev–Trinajstić information content (AvgIpc) is 3.31. The second kappa shape index (κ2) is 10.5. The van der Waals surface area contributed by atoms with Gasteiger partial charge in [-0.05, 0) is 31.5 Å². The number of urea groups is 1. The monoisotopic (exact) mass is 504 g/mol. The number of para-hydroxylation sites is 2. The van der Waals surface area contributed by atoms with Gasteiger partial charge < -0.3 is 15.0 Å². The number of hydrogen-bond donors (Lipinski definition) is 1. The molecule has 2 aromatic carbocycles. The molecular formula is C26H28N6O3S. The van der Waals surface area contributed by atoms with E-state index >= 15 is 0 Å². The molecule has 0 unspecified atom stereocenters. The summed E-state index contributed by atoms with van der Waals surface area (Å²) in [5.41, 5.74) is 3.31. The van der Waals surface area contributed by atoms with Gasteiger partial charge in [0.2, 0.25) is 4.96 Å². The van der Waals surface area contributed by atoms with Crippen molar-refractivity contribution >= 4 is 28.0 Å². The number of carbonyl (C=O) groups excluding carboxylic acids is 1. The minimum Gasteiger partial charge on any atom is -0.492 e. The lowest BCUT2D eigenvalue weighted by molar-refractivity contribution is 0.142. The maximum Gasteiger partial charge on any atom is 0.322 e. The molecule has 0 aliphatic carbocycles. The number of benzene rings is 2. The summed E-state index contributed by atoms with van der Waals surface area (Å²) < 4.78 is 6.98. The van der Waals surface area contributed by atoms with Gasteiger partial charge >= 0.3 is 6.03 Å². The molecule has 0 radical (unpaired) electrons.